The number of aromatic nitrogens is 1. The van der Waals surface area contributed by atoms with E-state index in [9.17, 15) is 68.4 Å². The van der Waals surface area contributed by atoms with Crippen molar-refractivity contribution in [2.75, 3.05) is 60.6 Å². The average molecular weight is 1180 g/mol. The number of carboxylic acid groups (broad SMARTS) is 1. The Kier molecular flexibility index (Phi) is 23.1. The molecule has 28 heteroatoms. The molecular weight excluding hydrogens is 1110 g/mol. The molecule has 1 aliphatic carbocycles. The van der Waals surface area contributed by atoms with Crippen LogP contribution in [0.1, 0.15) is 93.5 Å². The van der Waals surface area contributed by atoms with Gasteiger partial charge >= 0.3 is 12.1 Å². The summed E-state index contributed by atoms with van der Waals surface area (Å²) >= 11 is 0. The summed E-state index contributed by atoms with van der Waals surface area (Å²) in [6.45, 7) is 1.61. The van der Waals surface area contributed by atoms with E-state index >= 15 is 0 Å². The molecule has 3 heterocycles. The van der Waals surface area contributed by atoms with Crippen LogP contribution in [0, 0.1) is 0 Å². The van der Waals surface area contributed by atoms with Crippen LogP contribution in [0.3, 0.4) is 0 Å². The molecule has 2 aliphatic heterocycles. The van der Waals surface area contributed by atoms with E-state index in [2.05, 4.69) is 31.6 Å². The molecule has 28 nitrogen and oxygen atoms in total. The molecule has 0 bridgehead atoms. The highest BCUT2D eigenvalue weighted by Gasteiger charge is 2.48. The fraction of sp³-hybridized carbons (Fsp3) is 0.456. The zero-order valence-electron chi connectivity index (χ0n) is 46.6. The summed E-state index contributed by atoms with van der Waals surface area (Å²) < 4.78 is 16.4. The van der Waals surface area contributed by atoms with E-state index in [0.29, 0.717) is 36.5 Å². The van der Waals surface area contributed by atoms with Crippen LogP contribution in [0.5, 0.6) is 5.75 Å². The number of likely N-dealkylation sites (N-methyl/N-ethyl adjacent to an activating group) is 1. The minimum Gasteiger partial charge on any atom is -0.479 e. The fourth-order valence-electron chi connectivity index (χ4n) is 9.72. The number of pyridine rings is 1. The molecular formula is C57H70N10O18. The van der Waals surface area contributed by atoms with Gasteiger partial charge in [-0.15, -0.1) is 0 Å². The molecule has 0 spiro atoms. The van der Waals surface area contributed by atoms with Crippen molar-refractivity contribution in [2.24, 2.45) is 5.73 Å². The number of imide groups is 1. The molecule has 6 atom stereocenters. The van der Waals surface area contributed by atoms with Gasteiger partial charge in [-0.1, -0.05) is 44.2 Å². The van der Waals surface area contributed by atoms with Gasteiger partial charge in [0.05, 0.1) is 18.3 Å². The van der Waals surface area contributed by atoms with Crippen LogP contribution in [-0.2, 0) is 49.7 Å². The molecule has 1 aromatic heterocycles. The molecule has 7 amide bonds. The molecule has 1 unspecified atom stereocenters. The standard InChI is InChI=1S/C57H70N10O18/c1-2-65(27-28-83-67(37-13-6-5-7-14-37)44(71)15-8-3-4-9-23-60-45-46(48(73)47(45)72)62-35-20-24-59-25-21-35)54(78)34-11-10-12-36(30-34)63-57(81)82-32-33-16-17-40(84-56-51(76)49(74)50(75)52(85-56)55(79)80)38(29-33)64-41(68)22-26-61-53(77)39(31-58)66-42(69)18-19-43(66)70/h10-12,16-21,24-25,29-30,37,39,49-52,56,60,74-76H,2-9,13-15,22-23,26-28,31-32,58H2,1H3,(H,59,62)(H,61,77)(H,63,81)(H,64,68)(H,79,80)/t39?,49-,50-,51+,52-,56+/m0/s1. The van der Waals surface area contributed by atoms with Gasteiger partial charge in [0.1, 0.15) is 48.1 Å². The number of amides is 7. The Hall–Kier alpha value is -8.67. The average Bonchev–Trinajstić information content (AvgIpc) is 3.56. The summed E-state index contributed by atoms with van der Waals surface area (Å²) in [6, 6.07) is 12.0. The van der Waals surface area contributed by atoms with Crippen LogP contribution in [-0.4, -0.2) is 170 Å². The van der Waals surface area contributed by atoms with Gasteiger partial charge in [0, 0.05) is 87.0 Å². The maximum atomic E-state index is 13.9. The number of unbranched alkanes of at least 4 members (excludes halogenated alkanes) is 3. The highest BCUT2D eigenvalue weighted by atomic mass is 16.7. The number of aliphatic hydroxyl groups excluding tert-OH is 3. The predicted octanol–water partition coefficient (Wildman–Crippen LogP) is 1.76. The van der Waals surface area contributed by atoms with Gasteiger partial charge in [-0.25, -0.2) is 14.7 Å². The van der Waals surface area contributed by atoms with Crippen molar-refractivity contribution in [1.82, 2.24) is 25.2 Å². The number of hydroxylamine groups is 2. The van der Waals surface area contributed by atoms with Crippen LogP contribution < -0.4 is 47.9 Å². The topological polar surface area (TPSA) is 397 Å². The number of carbonyl (C=O) groups excluding carboxylic acids is 7. The molecule has 3 aromatic carbocycles. The number of nitrogens with zero attached hydrogens (tertiary/aromatic N) is 4. The number of ether oxygens (including phenoxy) is 3. The van der Waals surface area contributed by atoms with E-state index in [-0.39, 0.29) is 83.6 Å². The molecule has 0 radical (unpaired) electrons. The Morgan fingerprint density at radius 2 is 1.53 bits per heavy atom. The normalized spacial score (nSPS) is 19.0. The Labute approximate surface area is 487 Å². The number of carbonyl (C=O) groups is 8. The van der Waals surface area contributed by atoms with Crippen LogP contribution in [0.4, 0.5) is 33.2 Å². The summed E-state index contributed by atoms with van der Waals surface area (Å²) in [4.78, 5) is 140. The number of aliphatic carboxylic acids is 1. The highest BCUT2D eigenvalue weighted by Crippen LogP contribution is 2.32. The second-order valence-electron chi connectivity index (χ2n) is 20.3. The second kappa shape index (κ2) is 30.8. The van der Waals surface area contributed by atoms with Crippen molar-refractivity contribution in [3.8, 4) is 5.75 Å². The number of hydrogen-bond donors (Lipinski definition) is 10. The highest BCUT2D eigenvalue weighted by molar-refractivity contribution is 6.15. The van der Waals surface area contributed by atoms with Crippen LogP contribution >= 0.6 is 0 Å². The van der Waals surface area contributed by atoms with E-state index in [1.165, 1.54) is 35.4 Å². The van der Waals surface area contributed by atoms with E-state index in [1.807, 2.05) is 0 Å². The van der Waals surface area contributed by atoms with E-state index < -0.39 is 103 Å². The summed E-state index contributed by atoms with van der Waals surface area (Å²) in [6.07, 6.45) is 1.53. The second-order valence-corrected chi connectivity index (χ2v) is 20.3. The smallest absolute Gasteiger partial charge is 0.411 e. The van der Waals surface area contributed by atoms with Crippen LogP contribution in [0.2, 0.25) is 0 Å². The third kappa shape index (κ3) is 17.0. The molecule has 1 saturated carbocycles. The molecule has 11 N–H and O–H groups in total. The molecule has 85 heavy (non-hydrogen) atoms. The summed E-state index contributed by atoms with van der Waals surface area (Å²) in [5.41, 5.74) is 6.18. The molecule has 3 aliphatic rings. The first-order valence-corrected chi connectivity index (χ1v) is 28.0. The number of benzene rings is 2. The predicted molar refractivity (Wildman–Crippen MR) is 303 cm³/mol. The van der Waals surface area contributed by atoms with Crippen molar-refractivity contribution in [2.45, 2.75) is 127 Å². The van der Waals surface area contributed by atoms with Gasteiger partial charge in [0.15, 0.2) is 6.10 Å². The van der Waals surface area contributed by atoms with Crippen LogP contribution in [0.15, 0.2) is 88.7 Å². The quantitative estimate of drug-likeness (QED) is 0.0154. The third-order valence-corrected chi connectivity index (χ3v) is 14.3. The zero-order valence-corrected chi connectivity index (χ0v) is 46.6. The Bertz CT molecular complexity index is 3110. The van der Waals surface area contributed by atoms with E-state index in [4.69, 9.17) is 24.8 Å². The molecule has 1 saturated heterocycles. The molecule has 456 valence electrons. The first-order valence-electron chi connectivity index (χ1n) is 28.0. The monoisotopic (exact) mass is 1180 g/mol. The molecule has 4 aromatic rings. The van der Waals surface area contributed by atoms with E-state index in [0.717, 1.165) is 57.1 Å². The summed E-state index contributed by atoms with van der Waals surface area (Å²) in [5, 5.41) is 55.8. The maximum Gasteiger partial charge on any atom is 0.411 e. The first-order chi connectivity index (χ1) is 40.9. The lowest BCUT2D eigenvalue weighted by Crippen LogP contribution is -2.61. The lowest BCUT2D eigenvalue weighted by atomic mass is 9.95. The van der Waals surface area contributed by atoms with Gasteiger partial charge in [-0.2, -0.15) is 0 Å². The summed E-state index contributed by atoms with van der Waals surface area (Å²) in [5.74, 6) is -5.47. The lowest BCUT2D eigenvalue weighted by molar-refractivity contribution is -0.271. The van der Waals surface area contributed by atoms with Gasteiger partial charge < -0.3 is 66.5 Å². The van der Waals surface area contributed by atoms with Gasteiger partial charge in [0.25, 0.3) is 28.6 Å². The first kappa shape index (κ1) is 63.9. The molecule has 7 rings (SSSR count). The largest absolute Gasteiger partial charge is 0.479 e. The minimum atomic E-state index is -2.03. The van der Waals surface area contributed by atoms with Gasteiger partial charge in [-0.3, -0.25) is 58.4 Å². The van der Waals surface area contributed by atoms with Crippen molar-refractivity contribution in [3.05, 3.63) is 111 Å². The Morgan fingerprint density at radius 1 is 0.812 bits per heavy atom. The number of aliphatic hydroxyl groups is 3. The van der Waals surface area contributed by atoms with E-state index in [1.54, 1.807) is 48.5 Å². The number of nitrogens with two attached hydrogens (primary N) is 1. The third-order valence-electron chi connectivity index (χ3n) is 14.3. The number of rotatable bonds is 30. The lowest BCUT2D eigenvalue weighted by Gasteiger charge is -2.38. The SMILES string of the molecule is CCN(CCON(C(=O)CCCCCCNc1c(Nc2ccncc2)c(=O)c1=O)C1CCCCC1)C(=O)c1cccc(NC(=O)OCc2ccc(O[C@@H]3O[C@H](C(=O)O)[C@@H](O)[C@H](O)[C@H]3O)c(NC(=O)CCNC(=O)C(CN)N3C(=O)C=CC3=O)c2)c1. The number of carboxylic acids is 1. The Balaban J connectivity index is 0.897. The van der Waals surface area contributed by atoms with Crippen molar-refractivity contribution in [1.29, 1.82) is 0 Å². The zero-order chi connectivity index (χ0) is 61.2. The molecule has 2 fully saturated rings. The summed E-state index contributed by atoms with van der Waals surface area (Å²) in [7, 11) is 0. The van der Waals surface area contributed by atoms with Crippen molar-refractivity contribution in [3.63, 3.8) is 0 Å². The van der Waals surface area contributed by atoms with Crippen molar-refractivity contribution >= 4 is 75.9 Å². The van der Waals surface area contributed by atoms with Crippen molar-refractivity contribution < 1.29 is 77.8 Å². The van der Waals surface area contributed by atoms with Gasteiger partial charge in [0.2, 0.25) is 24.0 Å². The van der Waals surface area contributed by atoms with Gasteiger partial charge in [-0.05, 0) is 80.6 Å². The maximum absolute atomic E-state index is 13.9. The Morgan fingerprint density at radius 3 is 2.24 bits per heavy atom. The fourth-order valence-corrected chi connectivity index (χ4v) is 9.72. The number of nitrogens with one attached hydrogen (secondary N) is 5. The number of hydrogen-bond acceptors (Lipinski definition) is 21. The number of anilines is 5. The minimum absolute atomic E-state index is 0.0409. The van der Waals surface area contributed by atoms with Crippen LogP contribution in [0.25, 0.3) is 0 Å².